The molecule has 9 aromatic carbocycles. The second-order valence-corrected chi connectivity index (χ2v) is 23.2. The van der Waals surface area contributed by atoms with Crippen molar-refractivity contribution in [2.75, 3.05) is 4.90 Å². The normalized spacial score (nSPS) is 14.2. The van der Waals surface area contributed by atoms with Gasteiger partial charge in [0.2, 0.25) is 0 Å². The van der Waals surface area contributed by atoms with Crippen molar-refractivity contribution in [1.29, 1.82) is 0 Å². The number of aromatic nitrogens is 1. The number of rotatable bonds is 6. The Morgan fingerprint density at radius 2 is 0.726 bits per heavy atom. The Labute approximate surface area is 431 Å². The molecule has 13 rings (SSSR count). The molecule has 0 unspecified atom stereocenters. The molecule has 1 spiro atoms. The molecular weight excluding hydrogens is 881 g/mol. The van der Waals surface area contributed by atoms with Gasteiger partial charge in [0.25, 0.3) is 0 Å². The summed E-state index contributed by atoms with van der Waals surface area (Å²) in [5.41, 5.74) is 27.6. The van der Waals surface area contributed by atoms with Crippen molar-refractivity contribution < 1.29 is 0 Å². The molecule has 0 fully saturated rings. The molecule has 3 aliphatic rings. The van der Waals surface area contributed by atoms with E-state index >= 15 is 0 Å². The van der Waals surface area contributed by atoms with E-state index in [1.807, 2.05) is 0 Å². The summed E-state index contributed by atoms with van der Waals surface area (Å²) < 4.78 is 0. The van der Waals surface area contributed by atoms with Crippen LogP contribution in [0, 0.1) is 0 Å². The smallest absolute Gasteiger partial charge is 0.0726 e. The fraction of sp³-hybridized carbons (Fsp3) is 0.169. The maximum atomic E-state index is 5.26. The van der Waals surface area contributed by atoms with Crippen molar-refractivity contribution >= 4 is 17.1 Å². The monoisotopic (exact) mass is 940 g/mol. The van der Waals surface area contributed by atoms with Crippen LogP contribution in [0.5, 0.6) is 0 Å². The van der Waals surface area contributed by atoms with Crippen molar-refractivity contribution in [2.24, 2.45) is 0 Å². The first-order valence-electron chi connectivity index (χ1n) is 26.0. The lowest BCUT2D eigenvalue weighted by atomic mass is 9.68. The Morgan fingerprint density at radius 3 is 1.27 bits per heavy atom. The molecule has 0 aliphatic heterocycles. The average molecular weight is 941 g/mol. The van der Waals surface area contributed by atoms with E-state index < -0.39 is 5.41 Å². The fourth-order valence-electron chi connectivity index (χ4n) is 12.6. The van der Waals surface area contributed by atoms with Crippen LogP contribution >= 0.6 is 0 Å². The van der Waals surface area contributed by atoms with Crippen molar-refractivity contribution in [3.8, 4) is 67.0 Å². The molecule has 354 valence electrons. The molecule has 2 nitrogen and oxygen atoms in total. The number of hydrogen-bond donors (Lipinski definition) is 0. The van der Waals surface area contributed by atoms with Gasteiger partial charge in [-0.1, -0.05) is 225 Å². The lowest BCUT2D eigenvalue weighted by molar-refractivity contribution is 0.586. The van der Waals surface area contributed by atoms with Gasteiger partial charge >= 0.3 is 0 Å². The Bertz CT molecular complexity index is 3720. The van der Waals surface area contributed by atoms with E-state index in [9.17, 15) is 0 Å². The lowest BCUT2D eigenvalue weighted by Crippen LogP contribution is -2.27. The SMILES string of the molecule is CC(C)(C)c1ccc2c(c1)C1(c3ccccc3-c3ccc(N(c4cccc(-c5cc(-c6ccccc6)nc(-c6ccccc6)c5)c4)c4ccc5c(c4)C(C)(C)c4ccccc4-5)cc31)c1cc(C(C)(C)C)ccc1-2. The Hall–Kier alpha value is -8.07. The van der Waals surface area contributed by atoms with Gasteiger partial charge in [0.1, 0.15) is 0 Å². The topological polar surface area (TPSA) is 16.1 Å². The average Bonchev–Trinajstić information content (AvgIpc) is 3.98. The van der Waals surface area contributed by atoms with Gasteiger partial charge < -0.3 is 4.90 Å². The van der Waals surface area contributed by atoms with E-state index in [-0.39, 0.29) is 16.2 Å². The van der Waals surface area contributed by atoms with Gasteiger partial charge in [0, 0.05) is 33.6 Å². The van der Waals surface area contributed by atoms with E-state index in [0.717, 1.165) is 50.7 Å². The zero-order valence-corrected chi connectivity index (χ0v) is 43.2. The molecule has 0 saturated carbocycles. The predicted molar refractivity (Wildman–Crippen MR) is 306 cm³/mol. The predicted octanol–water partition coefficient (Wildman–Crippen LogP) is 18.8. The molecule has 1 aromatic heterocycles. The van der Waals surface area contributed by atoms with E-state index in [1.54, 1.807) is 0 Å². The van der Waals surface area contributed by atoms with Crippen LogP contribution in [-0.2, 0) is 21.7 Å². The van der Waals surface area contributed by atoms with Crippen LogP contribution in [0.15, 0.2) is 218 Å². The summed E-state index contributed by atoms with van der Waals surface area (Å²) in [5, 5.41) is 0. The largest absolute Gasteiger partial charge is 0.310 e. The van der Waals surface area contributed by atoms with Crippen LogP contribution in [0.25, 0.3) is 67.0 Å². The highest BCUT2D eigenvalue weighted by Gasteiger charge is 2.52. The molecule has 1 heterocycles. The molecule has 3 aliphatic carbocycles. The van der Waals surface area contributed by atoms with Crippen LogP contribution in [0.3, 0.4) is 0 Å². The summed E-state index contributed by atoms with van der Waals surface area (Å²) in [4.78, 5) is 7.78. The maximum absolute atomic E-state index is 5.26. The van der Waals surface area contributed by atoms with Gasteiger partial charge in [-0.25, -0.2) is 4.98 Å². The maximum Gasteiger partial charge on any atom is 0.0726 e. The first-order valence-corrected chi connectivity index (χ1v) is 26.0. The molecule has 0 atom stereocenters. The molecule has 73 heavy (non-hydrogen) atoms. The summed E-state index contributed by atoms with van der Waals surface area (Å²) in [6.07, 6.45) is 0. The molecule has 10 aromatic rings. The number of fused-ring (bicyclic) bond motifs is 13. The molecule has 0 radical (unpaired) electrons. The fourth-order valence-corrected chi connectivity index (χ4v) is 12.6. The minimum atomic E-state index is -0.539. The van der Waals surface area contributed by atoms with Crippen molar-refractivity contribution in [3.63, 3.8) is 0 Å². The van der Waals surface area contributed by atoms with E-state index in [1.165, 1.54) is 77.9 Å². The second kappa shape index (κ2) is 16.2. The zero-order chi connectivity index (χ0) is 50.0. The highest BCUT2D eigenvalue weighted by molar-refractivity contribution is 5.97. The summed E-state index contributed by atoms with van der Waals surface area (Å²) in [7, 11) is 0. The van der Waals surface area contributed by atoms with Crippen molar-refractivity contribution in [2.45, 2.75) is 77.0 Å². The van der Waals surface area contributed by atoms with Crippen molar-refractivity contribution in [1.82, 2.24) is 4.98 Å². The van der Waals surface area contributed by atoms with Gasteiger partial charge in [-0.2, -0.15) is 0 Å². The molecule has 0 amide bonds. The van der Waals surface area contributed by atoms with Gasteiger partial charge in [-0.05, 0) is 148 Å². The first kappa shape index (κ1) is 44.8. The minimum absolute atomic E-state index is 0.0360. The van der Waals surface area contributed by atoms with Gasteiger partial charge in [0.15, 0.2) is 0 Å². The highest BCUT2D eigenvalue weighted by Crippen LogP contribution is 2.64. The van der Waals surface area contributed by atoms with Crippen molar-refractivity contribution in [3.05, 3.63) is 263 Å². The highest BCUT2D eigenvalue weighted by atomic mass is 15.1. The third-order valence-corrected chi connectivity index (χ3v) is 16.4. The third kappa shape index (κ3) is 6.94. The van der Waals surface area contributed by atoms with Crippen LogP contribution in [-0.4, -0.2) is 4.98 Å². The Kier molecular flexibility index (Phi) is 9.96. The summed E-state index contributed by atoms with van der Waals surface area (Å²) in [6.45, 7) is 18.8. The first-order chi connectivity index (χ1) is 35.2. The minimum Gasteiger partial charge on any atom is -0.310 e. The molecule has 0 N–H and O–H groups in total. The quantitative estimate of drug-likeness (QED) is 0.165. The van der Waals surface area contributed by atoms with Crippen LogP contribution in [0.2, 0.25) is 0 Å². The van der Waals surface area contributed by atoms with E-state index in [0.29, 0.717) is 0 Å². The van der Waals surface area contributed by atoms with Gasteiger partial charge in [-0.15, -0.1) is 0 Å². The van der Waals surface area contributed by atoms with Crippen LogP contribution in [0.1, 0.15) is 99.9 Å². The number of hydrogen-bond acceptors (Lipinski definition) is 2. The number of benzene rings is 9. The van der Waals surface area contributed by atoms with Crippen LogP contribution < -0.4 is 4.90 Å². The molecule has 0 saturated heterocycles. The third-order valence-electron chi connectivity index (χ3n) is 16.4. The Balaban J connectivity index is 1.06. The van der Waals surface area contributed by atoms with E-state index in [4.69, 9.17) is 4.98 Å². The molecular formula is C71H60N2. The second-order valence-electron chi connectivity index (χ2n) is 23.2. The van der Waals surface area contributed by atoms with E-state index in [2.05, 4.69) is 279 Å². The number of pyridine rings is 1. The Morgan fingerprint density at radius 1 is 0.315 bits per heavy atom. The molecule has 0 bridgehead atoms. The van der Waals surface area contributed by atoms with Gasteiger partial charge in [0.05, 0.1) is 16.8 Å². The summed E-state index contributed by atoms with van der Waals surface area (Å²) in [5.74, 6) is 0. The van der Waals surface area contributed by atoms with Gasteiger partial charge in [-0.3, -0.25) is 0 Å². The van der Waals surface area contributed by atoms with Crippen LogP contribution in [0.4, 0.5) is 17.1 Å². The summed E-state index contributed by atoms with van der Waals surface area (Å²) in [6, 6.07) is 82.2. The lowest BCUT2D eigenvalue weighted by Gasteiger charge is -2.34. The number of nitrogens with zero attached hydrogens (tertiary/aromatic N) is 2. The zero-order valence-electron chi connectivity index (χ0n) is 43.2. The summed E-state index contributed by atoms with van der Waals surface area (Å²) >= 11 is 0. The molecule has 2 heteroatoms. The number of anilines is 3. The standard InChI is InChI=1S/C71H60N2/c1-68(2,3)49-30-34-57-58-35-31-50(69(4,5)6)42-64(58)71(63(57)41-49)61-29-18-16-27-55(61)59-37-33-53(44-65(59)71)73(52-32-36-56-54-26-15-17-28-60(54)70(7,8)62(56)43-52)51-25-19-24-47(38-51)48-39-66(45-20-11-9-12-21-45)72-67(40-48)46-22-13-10-14-23-46/h9-44H,1-8H3.